The van der Waals surface area contributed by atoms with E-state index in [0.29, 0.717) is 23.6 Å². The number of carbonyl (C=O) groups is 2. The third-order valence-corrected chi connectivity index (χ3v) is 3.73. The molecule has 2 aromatic rings. The van der Waals surface area contributed by atoms with Crippen molar-refractivity contribution in [1.82, 2.24) is 10.2 Å². The van der Waals surface area contributed by atoms with Crippen molar-refractivity contribution < 1.29 is 14.0 Å². The molecule has 2 rings (SSSR count). The Kier molecular flexibility index (Phi) is 6.32. The van der Waals surface area contributed by atoms with E-state index in [4.69, 9.17) is 9.68 Å². The number of furan rings is 1. The molecule has 0 radical (unpaired) electrons. The lowest BCUT2D eigenvalue weighted by Crippen LogP contribution is -2.44. The topological polar surface area (TPSA) is 98.4 Å². The molecule has 130 valence electrons. The van der Waals surface area contributed by atoms with E-state index in [2.05, 4.69) is 10.6 Å². The number of benzene rings is 1. The van der Waals surface area contributed by atoms with Gasteiger partial charge < -0.3 is 15.1 Å². The van der Waals surface area contributed by atoms with Crippen LogP contribution in [0.3, 0.4) is 0 Å². The van der Waals surface area contributed by atoms with E-state index < -0.39 is 6.04 Å². The van der Waals surface area contributed by atoms with Gasteiger partial charge in [0, 0.05) is 5.69 Å². The van der Waals surface area contributed by atoms with Crippen LogP contribution in [-0.2, 0) is 16.1 Å². The monoisotopic (exact) mass is 340 g/mol. The molecule has 0 aliphatic carbocycles. The molecule has 1 aromatic carbocycles. The second-order valence-electron chi connectivity index (χ2n) is 5.63. The van der Waals surface area contributed by atoms with Crippen molar-refractivity contribution in [2.24, 2.45) is 0 Å². The molecule has 7 nitrogen and oxygen atoms in total. The maximum absolute atomic E-state index is 12.3. The maximum Gasteiger partial charge on any atom is 0.241 e. The van der Waals surface area contributed by atoms with Crippen LogP contribution in [0.2, 0.25) is 0 Å². The number of carbonyl (C=O) groups excluding carboxylic acids is 2. The average Bonchev–Trinajstić information content (AvgIpc) is 3.13. The third kappa shape index (κ3) is 5.48. The van der Waals surface area contributed by atoms with Crippen LogP contribution >= 0.6 is 0 Å². The summed E-state index contributed by atoms with van der Waals surface area (Å²) >= 11 is 0. The zero-order valence-electron chi connectivity index (χ0n) is 14.2. The standard InChI is InChI=1S/C18H20N4O3/c1-13(18(24)21-15-6-3-5-14(9-15)10-19)22(2)12-17(23)20-11-16-7-4-8-25-16/h3-9,13H,11-12H2,1-2H3,(H,20,23)(H,21,24)/t13-/m0/s1. The Morgan fingerprint density at radius 1 is 1.32 bits per heavy atom. The zero-order valence-corrected chi connectivity index (χ0v) is 14.2. The largest absolute Gasteiger partial charge is 0.467 e. The van der Waals surface area contributed by atoms with Crippen LogP contribution in [0.25, 0.3) is 0 Å². The van der Waals surface area contributed by atoms with Gasteiger partial charge in [0.05, 0.1) is 37.0 Å². The van der Waals surface area contributed by atoms with Gasteiger partial charge in [0.25, 0.3) is 0 Å². The van der Waals surface area contributed by atoms with Crippen molar-refractivity contribution in [3.63, 3.8) is 0 Å². The molecule has 0 saturated heterocycles. The number of nitriles is 1. The lowest BCUT2D eigenvalue weighted by Gasteiger charge is -2.23. The number of anilines is 1. The molecule has 0 fully saturated rings. The Balaban J connectivity index is 1.83. The first kappa shape index (κ1) is 18.2. The molecular weight excluding hydrogens is 320 g/mol. The molecule has 0 spiro atoms. The first-order valence-electron chi connectivity index (χ1n) is 7.80. The fourth-order valence-electron chi connectivity index (χ4n) is 2.13. The molecule has 1 heterocycles. The highest BCUT2D eigenvalue weighted by atomic mass is 16.3. The summed E-state index contributed by atoms with van der Waals surface area (Å²) in [4.78, 5) is 25.9. The van der Waals surface area contributed by atoms with Crippen molar-refractivity contribution in [2.45, 2.75) is 19.5 Å². The second-order valence-corrected chi connectivity index (χ2v) is 5.63. The number of rotatable bonds is 7. The SMILES string of the molecule is C[C@@H](C(=O)Nc1cccc(C#N)c1)N(C)CC(=O)NCc1ccco1. The van der Waals surface area contributed by atoms with E-state index in [-0.39, 0.29) is 18.4 Å². The van der Waals surface area contributed by atoms with Gasteiger partial charge >= 0.3 is 0 Å². The second kappa shape index (κ2) is 8.66. The molecular formula is C18H20N4O3. The Morgan fingerprint density at radius 2 is 2.12 bits per heavy atom. The zero-order chi connectivity index (χ0) is 18.2. The normalized spacial score (nSPS) is 11.6. The van der Waals surface area contributed by atoms with Gasteiger partial charge in [0.1, 0.15) is 5.76 Å². The Labute approximate surface area is 146 Å². The Morgan fingerprint density at radius 3 is 2.80 bits per heavy atom. The minimum absolute atomic E-state index is 0.0769. The molecule has 2 amide bonds. The summed E-state index contributed by atoms with van der Waals surface area (Å²) in [6.45, 7) is 2.10. The number of nitrogens with one attached hydrogen (secondary N) is 2. The lowest BCUT2D eigenvalue weighted by molar-refractivity contribution is -0.125. The Hall–Kier alpha value is -3.11. The maximum atomic E-state index is 12.3. The minimum Gasteiger partial charge on any atom is -0.467 e. The van der Waals surface area contributed by atoms with Gasteiger partial charge in [0.15, 0.2) is 0 Å². The number of hydrogen-bond donors (Lipinski definition) is 2. The minimum atomic E-state index is -0.514. The van der Waals surface area contributed by atoms with E-state index in [1.54, 1.807) is 61.5 Å². The van der Waals surface area contributed by atoms with E-state index in [1.165, 1.54) is 0 Å². The van der Waals surface area contributed by atoms with Gasteiger partial charge in [-0.1, -0.05) is 6.07 Å². The summed E-state index contributed by atoms with van der Waals surface area (Å²) in [5.41, 5.74) is 1.02. The quantitative estimate of drug-likeness (QED) is 0.800. The summed E-state index contributed by atoms with van der Waals surface area (Å²) in [7, 11) is 1.70. The average molecular weight is 340 g/mol. The molecule has 7 heteroatoms. The third-order valence-electron chi connectivity index (χ3n) is 3.73. The van der Waals surface area contributed by atoms with Crippen molar-refractivity contribution in [3.8, 4) is 6.07 Å². The number of likely N-dealkylation sites (N-methyl/N-ethyl adjacent to an activating group) is 1. The molecule has 0 aliphatic rings. The van der Waals surface area contributed by atoms with Crippen molar-refractivity contribution >= 4 is 17.5 Å². The fraction of sp³-hybridized carbons (Fsp3) is 0.278. The van der Waals surface area contributed by atoms with Crippen LogP contribution in [0, 0.1) is 11.3 Å². The number of amides is 2. The summed E-state index contributed by atoms with van der Waals surface area (Å²) in [5.74, 6) is 0.209. The van der Waals surface area contributed by atoms with Gasteiger partial charge in [0.2, 0.25) is 11.8 Å². The predicted molar refractivity (Wildman–Crippen MR) is 92.4 cm³/mol. The van der Waals surface area contributed by atoms with Crippen LogP contribution in [-0.4, -0.2) is 36.3 Å². The first-order valence-corrected chi connectivity index (χ1v) is 7.80. The van der Waals surface area contributed by atoms with E-state index in [9.17, 15) is 9.59 Å². The molecule has 1 atom stereocenters. The predicted octanol–water partition coefficient (Wildman–Crippen LogP) is 1.73. The summed E-state index contributed by atoms with van der Waals surface area (Å²) in [6, 6.07) is 11.7. The van der Waals surface area contributed by atoms with Crippen molar-refractivity contribution in [3.05, 3.63) is 54.0 Å². The molecule has 0 unspecified atom stereocenters. The van der Waals surface area contributed by atoms with E-state index in [0.717, 1.165) is 0 Å². The first-order chi connectivity index (χ1) is 12.0. The highest BCUT2D eigenvalue weighted by molar-refractivity contribution is 5.95. The molecule has 0 aliphatic heterocycles. The van der Waals surface area contributed by atoms with Crippen LogP contribution in [0.5, 0.6) is 0 Å². The molecule has 0 bridgehead atoms. The highest BCUT2D eigenvalue weighted by Gasteiger charge is 2.20. The summed E-state index contributed by atoms with van der Waals surface area (Å²) in [5, 5.41) is 14.4. The van der Waals surface area contributed by atoms with Crippen LogP contribution in [0.4, 0.5) is 5.69 Å². The molecule has 2 N–H and O–H groups in total. The van der Waals surface area contributed by atoms with Gasteiger partial charge in [-0.2, -0.15) is 5.26 Å². The fourth-order valence-corrected chi connectivity index (χ4v) is 2.13. The lowest BCUT2D eigenvalue weighted by atomic mass is 10.2. The molecule has 25 heavy (non-hydrogen) atoms. The van der Waals surface area contributed by atoms with Gasteiger partial charge in [-0.3, -0.25) is 14.5 Å². The van der Waals surface area contributed by atoms with E-state index >= 15 is 0 Å². The van der Waals surface area contributed by atoms with Gasteiger partial charge in [-0.25, -0.2) is 0 Å². The van der Waals surface area contributed by atoms with Gasteiger partial charge in [-0.05, 0) is 44.3 Å². The van der Waals surface area contributed by atoms with Crippen molar-refractivity contribution in [2.75, 3.05) is 18.9 Å². The smallest absolute Gasteiger partial charge is 0.241 e. The number of nitrogens with zero attached hydrogens (tertiary/aromatic N) is 2. The summed E-state index contributed by atoms with van der Waals surface area (Å²) in [6.07, 6.45) is 1.54. The van der Waals surface area contributed by atoms with Crippen LogP contribution < -0.4 is 10.6 Å². The molecule has 1 aromatic heterocycles. The van der Waals surface area contributed by atoms with Gasteiger partial charge in [-0.15, -0.1) is 0 Å². The highest BCUT2D eigenvalue weighted by Crippen LogP contribution is 2.11. The van der Waals surface area contributed by atoms with Crippen LogP contribution in [0.15, 0.2) is 47.1 Å². The Bertz CT molecular complexity index is 765. The number of hydrogen-bond acceptors (Lipinski definition) is 5. The van der Waals surface area contributed by atoms with Crippen LogP contribution in [0.1, 0.15) is 18.2 Å². The van der Waals surface area contributed by atoms with Crippen molar-refractivity contribution in [1.29, 1.82) is 5.26 Å². The molecule has 0 saturated carbocycles. The van der Waals surface area contributed by atoms with E-state index in [1.807, 2.05) is 6.07 Å². The summed E-state index contributed by atoms with van der Waals surface area (Å²) < 4.78 is 5.14.